The Labute approximate surface area is 88.6 Å². The summed E-state index contributed by atoms with van der Waals surface area (Å²) in [5.74, 6) is -0.0718. The zero-order valence-electron chi connectivity index (χ0n) is 8.60. The molecule has 0 fully saturated rings. The van der Waals surface area contributed by atoms with Gasteiger partial charge in [0.1, 0.15) is 0 Å². The van der Waals surface area contributed by atoms with Crippen LogP contribution >= 0.6 is 0 Å². The van der Waals surface area contributed by atoms with E-state index in [0.717, 1.165) is 5.56 Å². The Morgan fingerprint density at radius 1 is 1.33 bits per heavy atom. The van der Waals surface area contributed by atoms with Crippen molar-refractivity contribution >= 4 is 0 Å². The largest absolute Gasteiger partial charge is 0.504 e. The summed E-state index contributed by atoms with van der Waals surface area (Å²) < 4.78 is 5.33. The van der Waals surface area contributed by atoms with Gasteiger partial charge in [0, 0.05) is 11.5 Å². The molecule has 0 radical (unpaired) electrons. The van der Waals surface area contributed by atoms with Crippen LogP contribution in [-0.2, 0) is 4.74 Å². The topological polar surface area (TPSA) is 49.7 Å². The van der Waals surface area contributed by atoms with Crippen molar-refractivity contribution in [3.8, 4) is 11.5 Å². The highest BCUT2D eigenvalue weighted by Gasteiger charge is 2.21. The maximum Gasteiger partial charge on any atom is 0.161 e. The van der Waals surface area contributed by atoms with Gasteiger partial charge in [-0.2, -0.15) is 0 Å². The van der Waals surface area contributed by atoms with Crippen LogP contribution in [0.25, 0.3) is 0 Å². The lowest BCUT2D eigenvalue weighted by Gasteiger charge is -2.23. The number of phenols is 2. The quantitative estimate of drug-likeness (QED) is 0.547. The lowest BCUT2D eigenvalue weighted by atomic mass is 9.90. The Morgan fingerprint density at radius 3 is 2.87 bits per heavy atom. The predicted molar refractivity (Wildman–Crippen MR) is 57.1 cm³/mol. The number of para-hydroxylation sites is 1. The molecule has 0 unspecified atom stereocenters. The van der Waals surface area contributed by atoms with Crippen LogP contribution in [0.5, 0.6) is 11.5 Å². The third-order valence-electron chi connectivity index (χ3n) is 2.78. The van der Waals surface area contributed by atoms with E-state index in [1.807, 2.05) is 19.1 Å². The Balaban J connectivity index is 2.40. The normalized spacial score (nSPS) is 21.1. The first-order chi connectivity index (χ1) is 7.20. The Kier molecular flexibility index (Phi) is 2.64. The van der Waals surface area contributed by atoms with Crippen molar-refractivity contribution in [3.05, 3.63) is 35.4 Å². The molecule has 0 amide bonds. The van der Waals surface area contributed by atoms with Crippen LogP contribution in [0.4, 0.5) is 0 Å². The van der Waals surface area contributed by atoms with Crippen molar-refractivity contribution in [3.63, 3.8) is 0 Å². The third-order valence-corrected chi connectivity index (χ3v) is 2.78. The second kappa shape index (κ2) is 3.95. The molecule has 0 aromatic heterocycles. The summed E-state index contributed by atoms with van der Waals surface area (Å²) in [5, 5.41) is 19.1. The second-order valence-corrected chi connectivity index (χ2v) is 3.75. The zero-order chi connectivity index (χ0) is 10.8. The number of aromatic hydroxyl groups is 2. The molecule has 80 valence electrons. The molecule has 1 aromatic carbocycles. The van der Waals surface area contributed by atoms with E-state index < -0.39 is 0 Å². The van der Waals surface area contributed by atoms with Crippen molar-refractivity contribution in [2.75, 3.05) is 13.2 Å². The van der Waals surface area contributed by atoms with Gasteiger partial charge in [0.05, 0.1) is 13.2 Å². The van der Waals surface area contributed by atoms with Gasteiger partial charge in [0.15, 0.2) is 11.5 Å². The maximum absolute atomic E-state index is 9.73. The first kappa shape index (κ1) is 10.1. The summed E-state index contributed by atoms with van der Waals surface area (Å²) in [5.41, 5.74) is 1.89. The van der Waals surface area contributed by atoms with E-state index in [2.05, 4.69) is 0 Å². The summed E-state index contributed by atoms with van der Waals surface area (Å²) in [6.45, 7) is 3.19. The third kappa shape index (κ3) is 1.83. The van der Waals surface area contributed by atoms with Crippen molar-refractivity contribution in [1.82, 2.24) is 0 Å². The minimum absolute atomic E-state index is 0.0410. The van der Waals surface area contributed by atoms with Gasteiger partial charge in [-0.1, -0.05) is 23.8 Å². The maximum atomic E-state index is 9.73. The Morgan fingerprint density at radius 2 is 2.13 bits per heavy atom. The zero-order valence-corrected chi connectivity index (χ0v) is 8.60. The lowest BCUT2D eigenvalue weighted by Crippen LogP contribution is -2.14. The molecule has 1 aromatic rings. The Bertz CT molecular complexity index is 396. The van der Waals surface area contributed by atoms with E-state index in [0.29, 0.717) is 13.2 Å². The predicted octanol–water partition coefficient (Wildman–Crippen LogP) is 2.16. The number of ether oxygens (including phenoxy) is 1. The number of rotatable bonds is 1. The van der Waals surface area contributed by atoms with E-state index in [4.69, 9.17) is 4.74 Å². The summed E-state index contributed by atoms with van der Waals surface area (Å²) >= 11 is 0. The first-order valence-corrected chi connectivity index (χ1v) is 4.95. The van der Waals surface area contributed by atoms with Gasteiger partial charge in [0.2, 0.25) is 0 Å². The average molecular weight is 206 g/mol. The monoisotopic (exact) mass is 206 g/mol. The number of benzene rings is 1. The van der Waals surface area contributed by atoms with Gasteiger partial charge < -0.3 is 14.9 Å². The molecule has 0 saturated carbocycles. The van der Waals surface area contributed by atoms with Crippen LogP contribution in [0.2, 0.25) is 0 Å². The van der Waals surface area contributed by atoms with Crippen LogP contribution in [0.1, 0.15) is 18.4 Å². The second-order valence-electron chi connectivity index (χ2n) is 3.75. The highest BCUT2D eigenvalue weighted by Crippen LogP contribution is 2.37. The highest BCUT2D eigenvalue weighted by atomic mass is 16.5. The summed E-state index contributed by atoms with van der Waals surface area (Å²) in [4.78, 5) is 0. The fraction of sp³-hybridized carbons (Fsp3) is 0.333. The number of hydrogen-bond donors (Lipinski definition) is 2. The first-order valence-electron chi connectivity index (χ1n) is 4.95. The molecule has 1 heterocycles. The molecule has 3 heteroatoms. The molecule has 3 nitrogen and oxygen atoms in total. The van der Waals surface area contributed by atoms with E-state index in [9.17, 15) is 10.2 Å². The average Bonchev–Trinajstić information content (AvgIpc) is 2.23. The van der Waals surface area contributed by atoms with E-state index in [1.54, 1.807) is 6.07 Å². The molecule has 1 atom stereocenters. The molecular weight excluding hydrogens is 192 g/mol. The van der Waals surface area contributed by atoms with Gasteiger partial charge in [0.25, 0.3) is 0 Å². The van der Waals surface area contributed by atoms with Gasteiger partial charge >= 0.3 is 0 Å². The number of hydrogen-bond acceptors (Lipinski definition) is 3. The molecular formula is C12H14O3. The van der Waals surface area contributed by atoms with Crippen LogP contribution < -0.4 is 0 Å². The van der Waals surface area contributed by atoms with Crippen molar-refractivity contribution in [2.24, 2.45) is 0 Å². The smallest absolute Gasteiger partial charge is 0.161 e. The molecule has 0 spiro atoms. The summed E-state index contributed by atoms with van der Waals surface area (Å²) in [7, 11) is 0. The highest BCUT2D eigenvalue weighted by molar-refractivity contribution is 5.48. The van der Waals surface area contributed by atoms with Crippen molar-refractivity contribution < 1.29 is 14.9 Å². The standard InChI is InChI=1S/C12H14O3/c1-8-5-6-15-7-10(8)9-3-2-4-11(13)12(9)14/h2-5,10,13-14H,6-7H2,1H3/t10-/m0/s1. The van der Waals surface area contributed by atoms with Crippen LogP contribution in [0, 0.1) is 0 Å². The summed E-state index contributed by atoms with van der Waals surface area (Å²) in [6.07, 6.45) is 2.00. The van der Waals surface area contributed by atoms with Gasteiger partial charge in [-0.05, 0) is 13.0 Å². The molecule has 1 aliphatic heterocycles. The molecule has 2 N–H and O–H groups in total. The van der Waals surface area contributed by atoms with Gasteiger partial charge in [-0.25, -0.2) is 0 Å². The fourth-order valence-corrected chi connectivity index (χ4v) is 1.81. The minimum Gasteiger partial charge on any atom is -0.504 e. The van der Waals surface area contributed by atoms with E-state index in [1.165, 1.54) is 11.6 Å². The Hall–Kier alpha value is -1.48. The van der Waals surface area contributed by atoms with Crippen molar-refractivity contribution in [2.45, 2.75) is 12.8 Å². The molecule has 1 aliphatic rings. The lowest BCUT2D eigenvalue weighted by molar-refractivity contribution is 0.140. The number of phenolic OH excluding ortho intramolecular Hbond substituents is 2. The molecule has 0 bridgehead atoms. The molecule has 15 heavy (non-hydrogen) atoms. The van der Waals surface area contributed by atoms with Crippen LogP contribution in [-0.4, -0.2) is 23.4 Å². The molecule has 0 saturated heterocycles. The van der Waals surface area contributed by atoms with E-state index in [-0.39, 0.29) is 17.4 Å². The van der Waals surface area contributed by atoms with Crippen molar-refractivity contribution in [1.29, 1.82) is 0 Å². The molecule has 0 aliphatic carbocycles. The van der Waals surface area contributed by atoms with E-state index >= 15 is 0 Å². The molecule has 2 rings (SSSR count). The SMILES string of the molecule is CC1=CCOC[C@@H]1c1cccc(O)c1O. The van der Waals surface area contributed by atoms with Crippen LogP contribution in [0.15, 0.2) is 29.8 Å². The van der Waals surface area contributed by atoms with Gasteiger partial charge in [-0.3, -0.25) is 0 Å². The van der Waals surface area contributed by atoms with Gasteiger partial charge in [-0.15, -0.1) is 0 Å². The van der Waals surface area contributed by atoms with Crippen LogP contribution in [0.3, 0.4) is 0 Å². The fourth-order valence-electron chi connectivity index (χ4n) is 1.81. The minimum atomic E-state index is -0.0779. The summed E-state index contributed by atoms with van der Waals surface area (Å²) in [6, 6.07) is 5.01.